The summed E-state index contributed by atoms with van der Waals surface area (Å²) in [7, 11) is 1.76. The summed E-state index contributed by atoms with van der Waals surface area (Å²) in [5.41, 5.74) is 1.35. The van der Waals surface area contributed by atoms with Crippen molar-refractivity contribution < 1.29 is 4.92 Å². The Morgan fingerprint density at radius 2 is 2.08 bits per heavy atom. The second kappa shape index (κ2) is 7.32. The van der Waals surface area contributed by atoms with Crippen LogP contribution in [0.15, 0.2) is 60.0 Å². The molecule has 26 heavy (non-hydrogen) atoms. The predicted octanol–water partition coefficient (Wildman–Crippen LogP) is 4.58. The molecule has 1 heterocycles. The zero-order valence-corrected chi connectivity index (χ0v) is 14.4. The van der Waals surface area contributed by atoms with Gasteiger partial charge in [0.1, 0.15) is 11.5 Å². The van der Waals surface area contributed by atoms with Crippen LogP contribution in [0.3, 0.4) is 0 Å². The van der Waals surface area contributed by atoms with E-state index >= 15 is 0 Å². The molecule has 2 aromatic carbocycles. The fraction of sp³-hybridized carbons (Fsp3) is 0.118. The number of benzene rings is 2. The van der Waals surface area contributed by atoms with Crippen LogP contribution in [0.25, 0.3) is 0 Å². The number of hydrogen-bond donors (Lipinski definition) is 1. The molecule has 1 unspecified atom stereocenters. The van der Waals surface area contributed by atoms with E-state index in [1.54, 1.807) is 60.4 Å². The van der Waals surface area contributed by atoms with Crippen molar-refractivity contribution in [1.82, 2.24) is 9.55 Å². The van der Waals surface area contributed by atoms with E-state index < -0.39 is 11.0 Å². The maximum Gasteiger partial charge on any atom is 0.292 e. The Bertz CT molecular complexity index is 973. The van der Waals surface area contributed by atoms with Gasteiger partial charge in [0.05, 0.1) is 4.92 Å². The molecule has 1 aromatic heterocycles. The molecule has 0 saturated heterocycles. The number of imidazole rings is 1. The maximum absolute atomic E-state index is 11.4. The van der Waals surface area contributed by atoms with E-state index in [9.17, 15) is 15.0 Å². The highest BCUT2D eigenvalue weighted by molar-refractivity contribution is 6.31. The fourth-order valence-corrected chi connectivity index (χ4v) is 2.89. The number of halogens is 1. The van der Waals surface area contributed by atoms with Crippen molar-refractivity contribution in [3.8, 4) is 0 Å². The van der Waals surface area contributed by atoms with Crippen LogP contribution in [0.4, 0.5) is 17.1 Å². The van der Waals surface area contributed by atoms with Crippen molar-refractivity contribution in [2.24, 2.45) is 12.2 Å². The van der Waals surface area contributed by atoms with Crippen LogP contribution >= 0.6 is 11.6 Å². The molecule has 3 rings (SSSR count). The largest absolute Gasteiger partial charge is 0.350 e. The second-order valence-electron chi connectivity index (χ2n) is 5.54. The third-order valence-electron chi connectivity index (χ3n) is 3.88. The molecule has 9 heteroatoms. The van der Waals surface area contributed by atoms with E-state index in [1.165, 1.54) is 6.07 Å². The molecule has 0 radical (unpaired) electrons. The smallest absolute Gasteiger partial charge is 0.292 e. The number of rotatable bonds is 6. The molecule has 8 nitrogen and oxygen atoms in total. The zero-order valence-electron chi connectivity index (χ0n) is 13.7. The van der Waals surface area contributed by atoms with E-state index in [0.29, 0.717) is 27.8 Å². The summed E-state index contributed by atoms with van der Waals surface area (Å²) in [5, 5.41) is 17.5. The fourth-order valence-electron chi connectivity index (χ4n) is 2.60. The van der Waals surface area contributed by atoms with E-state index in [2.05, 4.69) is 15.5 Å². The molecular weight excluding hydrogens is 358 g/mol. The van der Waals surface area contributed by atoms with Crippen molar-refractivity contribution in [2.75, 3.05) is 5.32 Å². The van der Waals surface area contributed by atoms with Crippen LogP contribution in [0.5, 0.6) is 0 Å². The first-order chi connectivity index (χ1) is 12.5. The van der Waals surface area contributed by atoms with Crippen molar-refractivity contribution >= 4 is 28.7 Å². The quantitative estimate of drug-likeness (QED) is 0.388. The molecule has 1 atom stereocenters. The Hall–Kier alpha value is -3.26. The summed E-state index contributed by atoms with van der Waals surface area (Å²) >= 11 is 6.33. The minimum absolute atomic E-state index is 0.0480. The van der Waals surface area contributed by atoms with Crippen LogP contribution in [0.2, 0.25) is 5.02 Å². The normalized spacial score (nSPS) is 11.8. The highest BCUT2D eigenvalue weighted by atomic mass is 35.5. The first-order valence-electron chi connectivity index (χ1n) is 7.61. The van der Waals surface area contributed by atoms with Crippen LogP contribution < -0.4 is 5.32 Å². The van der Waals surface area contributed by atoms with Gasteiger partial charge in [0, 0.05) is 41.8 Å². The number of nitrogens with zero attached hydrogens (tertiary/aromatic N) is 4. The lowest BCUT2D eigenvalue weighted by Crippen LogP contribution is -2.06. The van der Waals surface area contributed by atoms with Crippen LogP contribution in [-0.4, -0.2) is 14.5 Å². The third kappa shape index (κ3) is 3.40. The highest BCUT2D eigenvalue weighted by Crippen LogP contribution is 2.34. The topological polar surface area (TPSA) is 102 Å². The van der Waals surface area contributed by atoms with Crippen molar-refractivity contribution in [1.29, 1.82) is 0 Å². The van der Waals surface area contributed by atoms with E-state index in [-0.39, 0.29) is 5.69 Å². The molecule has 0 bridgehead atoms. The monoisotopic (exact) mass is 371 g/mol. The SMILES string of the molecule is Cn1ccnc1C(N=O)c1ccc(Nc2ccccc2[N+](=O)[O-])cc1Cl. The van der Waals surface area contributed by atoms with E-state index in [1.807, 2.05) is 0 Å². The number of aryl methyl sites for hydroxylation is 1. The number of aromatic nitrogens is 2. The summed E-state index contributed by atoms with van der Waals surface area (Å²) in [6, 6.07) is 10.4. The molecule has 0 aliphatic heterocycles. The standard InChI is InChI=1S/C17H14ClN5O3/c1-22-9-8-19-17(22)16(21-24)12-7-6-11(10-13(12)18)20-14-4-2-3-5-15(14)23(25)26/h2-10,16,20H,1H3. The Kier molecular flexibility index (Phi) is 4.94. The summed E-state index contributed by atoms with van der Waals surface area (Å²) in [6.45, 7) is 0. The van der Waals surface area contributed by atoms with Crippen LogP contribution in [0.1, 0.15) is 17.4 Å². The molecule has 0 spiro atoms. The van der Waals surface area contributed by atoms with Gasteiger partial charge >= 0.3 is 0 Å². The number of nitro groups is 1. The first-order valence-corrected chi connectivity index (χ1v) is 7.98. The molecule has 0 aliphatic rings. The van der Waals surface area contributed by atoms with Gasteiger partial charge in [-0.15, -0.1) is 4.91 Å². The number of nitro benzene ring substituents is 1. The molecule has 1 N–H and O–H groups in total. The zero-order chi connectivity index (χ0) is 18.7. The summed E-state index contributed by atoms with van der Waals surface area (Å²) < 4.78 is 1.70. The lowest BCUT2D eigenvalue weighted by Gasteiger charge is -2.13. The Labute approximate surface area is 153 Å². The van der Waals surface area contributed by atoms with E-state index in [0.717, 1.165) is 0 Å². The Balaban J connectivity index is 1.92. The van der Waals surface area contributed by atoms with Gasteiger partial charge in [-0.05, 0) is 18.2 Å². The van der Waals surface area contributed by atoms with Crippen LogP contribution in [0, 0.1) is 15.0 Å². The molecule has 0 fully saturated rings. The van der Waals surface area contributed by atoms with Gasteiger partial charge in [-0.25, -0.2) is 4.98 Å². The maximum atomic E-state index is 11.4. The molecule has 0 aliphatic carbocycles. The van der Waals surface area contributed by atoms with Crippen molar-refractivity contribution in [3.63, 3.8) is 0 Å². The van der Waals surface area contributed by atoms with E-state index in [4.69, 9.17) is 11.6 Å². The Morgan fingerprint density at radius 1 is 1.31 bits per heavy atom. The minimum atomic E-state index is -0.845. The molecular formula is C17H14ClN5O3. The number of hydrogen-bond acceptors (Lipinski definition) is 6. The van der Waals surface area contributed by atoms with Crippen LogP contribution in [-0.2, 0) is 7.05 Å². The van der Waals surface area contributed by atoms with Gasteiger partial charge < -0.3 is 9.88 Å². The minimum Gasteiger partial charge on any atom is -0.350 e. The predicted molar refractivity (Wildman–Crippen MR) is 98.7 cm³/mol. The molecule has 0 amide bonds. The lowest BCUT2D eigenvalue weighted by molar-refractivity contribution is -0.383. The van der Waals surface area contributed by atoms with Gasteiger partial charge in [0.25, 0.3) is 5.69 Å². The van der Waals surface area contributed by atoms with Gasteiger partial charge in [0.15, 0.2) is 6.04 Å². The average molecular weight is 372 g/mol. The molecule has 3 aromatic rings. The highest BCUT2D eigenvalue weighted by Gasteiger charge is 2.22. The Morgan fingerprint density at radius 3 is 2.69 bits per heavy atom. The molecule has 132 valence electrons. The summed E-state index contributed by atoms with van der Waals surface area (Å²) in [4.78, 5) is 26.1. The number of para-hydroxylation sites is 2. The van der Waals surface area contributed by atoms with Crippen molar-refractivity contribution in [3.05, 3.63) is 86.3 Å². The van der Waals surface area contributed by atoms with Crippen molar-refractivity contribution in [2.45, 2.75) is 6.04 Å². The van der Waals surface area contributed by atoms with Gasteiger partial charge in [-0.2, -0.15) is 0 Å². The summed E-state index contributed by atoms with van der Waals surface area (Å²) in [6.07, 6.45) is 3.29. The third-order valence-corrected chi connectivity index (χ3v) is 4.21. The first kappa shape index (κ1) is 17.6. The number of anilines is 2. The molecule has 0 saturated carbocycles. The van der Waals surface area contributed by atoms with Gasteiger partial charge in [-0.1, -0.05) is 35.0 Å². The van der Waals surface area contributed by atoms with Gasteiger partial charge in [-0.3, -0.25) is 10.1 Å². The average Bonchev–Trinajstić information content (AvgIpc) is 3.03. The summed E-state index contributed by atoms with van der Waals surface area (Å²) in [5.74, 6) is 0.473. The second-order valence-corrected chi connectivity index (χ2v) is 5.95. The number of nitrogens with one attached hydrogen (secondary N) is 1. The van der Waals surface area contributed by atoms with Gasteiger partial charge in [0.2, 0.25) is 0 Å². The number of nitroso groups, excluding NO2 is 1. The lowest BCUT2D eigenvalue weighted by atomic mass is 10.1.